The Balaban J connectivity index is 1.77. The van der Waals surface area contributed by atoms with Gasteiger partial charge in [0, 0.05) is 26.3 Å². The summed E-state index contributed by atoms with van der Waals surface area (Å²) in [6, 6.07) is 16.7. The minimum Gasteiger partial charge on any atom is -0.444 e. The van der Waals surface area contributed by atoms with Crippen LogP contribution in [-0.4, -0.2) is 29.8 Å². The van der Waals surface area contributed by atoms with E-state index in [4.69, 9.17) is 14.2 Å². The van der Waals surface area contributed by atoms with Gasteiger partial charge >= 0.3 is 6.09 Å². The first-order valence-electron chi connectivity index (χ1n) is 17.8. The molecule has 0 aromatic heterocycles. The van der Waals surface area contributed by atoms with Crippen LogP contribution in [0, 0.1) is 0 Å². The van der Waals surface area contributed by atoms with Crippen LogP contribution in [0.3, 0.4) is 0 Å². The molecule has 0 bridgehead atoms. The molecule has 0 unspecified atom stereocenters. The largest absolute Gasteiger partial charge is 0.444 e. The Morgan fingerprint density at radius 2 is 0.935 bits per heavy atom. The fraction of sp³-hybridized carbons (Fsp3) is 0.585. The van der Waals surface area contributed by atoms with Gasteiger partial charge in [0.15, 0.2) is 0 Å². The maximum Gasteiger partial charge on any atom is 0.410 e. The van der Waals surface area contributed by atoms with E-state index in [1.165, 1.54) is 64.2 Å². The third kappa shape index (κ3) is 19.6. The van der Waals surface area contributed by atoms with Gasteiger partial charge in [0.2, 0.25) is 0 Å². The van der Waals surface area contributed by atoms with Crippen LogP contribution < -0.4 is 0 Å². The topological polar surface area (TPSA) is 48.0 Å². The highest BCUT2D eigenvalue weighted by atomic mass is 16.6. The van der Waals surface area contributed by atoms with Gasteiger partial charge in [-0.3, -0.25) is 4.90 Å². The Kier molecular flexibility index (Phi) is 20.8. The van der Waals surface area contributed by atoms with Crippen LogP contribution in [0.25, 0.3) is 0 Å². The molecule has 1 amide bonds. The molecule has 0 atom stereocenters. The first-order chi connectivity index (χ1) is 22.3. The Morgan fingerprint density at radius 1 is 0.587 bits per heavy atom. The molecule has 2 aromatic carbocycles. The van der Waals surface area contributed by atoms with E-state index in [9.17, 15) is 4.79 Å². The van der Waals surface area contributed by atoms with Crippen LogP contribution in [-0.2, 0) is 40.5 Å². The number of allylic oxidation sites excluding steroid dienone is 2. The molecule has 256 valence electrons. The quantitative estimate of drug-likeness (QED) is 0.0764. The molecule has 0 fully saturated rings. The number of amides is 1. The smallest absolute Gasteiger partial charge is 0.410 e. The number of unbranched alkanes of at least 4 members (excludes halogenated alkanes) is 12. The normalized spacial score (nSPS) is 11.4. The van der Waals surface area contributed by atoms with Crippen LogP contribution in [0.1, 0.15) is 133 Å². The van der Waals surface area contributed by atoms with E-state index in [0.717, 1.165) is 61.2 Å². The van der Waals surface area contributed by atoms with Crippen molar-refractivity contribution in [2.75, 3.05) is 13.2 Å². The van der Waals surface area contributed by atoms with Crippen molar-refractivity contribution in [1.82, 2.24) is 4.90 Å². The first-order valence-corrected chi connectivity index (χ1v) is 17.8. The number of hydrogen-bond donors (Lipinski definition) is 0. The SMILES string of the molecule is C=CCCCCCCCCOCc1ccc(CN(Cc2ccc(COCCCCCCCCC=C)cc2)C(=O)OC(C)(C)C)cc1. The van der Waals surface area contributed by atoms with Crippen molar-refractivity contribution in [2.24, 2.45) is 0 Å². The average Bonchev–Trinajstić information content (AvgIpc) is 3.03. The lowest BCUT2D eigenvalue weighted by molar-refractivity contribution is 0.0216. The van der Waals surface area contributed by atoms with Crippen molar-refractivity contribution in [1.29, 1.82) is 0 Å². The van der Waals surface area contributed by atoms with Gasteiger partial charge in [-0.15, -0.1) is 13.2 Å². The third-order valence-corrected chi connectivity index (χ3v) is 7.88. The van der Waals surface area contributed by atoms with Crippen molar-refractivity contribution in [3.05, 3.63) is 96.1 Å². The lowest BCUT2D eigenvalue weighted by atomic mass is 10.1. The zero-order valence-corrected chi connectivity index (χ0v) is 29.4. The van der Waals surface area contributed by atoms with Crippen molar-refractivity contribution >= 4 is 6.09 Å². The number of benzene rings is 2. The molecule has 2 aromatic rings. The fourth-order valence-corrected chi connectivity index (χ4v) is 5.21. The molecule has 0 heterocycles. The number of nitrogens with zero attached hydrogens (tertiary/aromatic N) is 1. The maximum atomic E-state index is 13.2. The highest BCUT2D eigenvalue weighted by Crippen LogP contribution is 2.18. The molecule has 0 radical (unpaired) electrons. The molecule has 0 N–H and O–H groups in total. The molecule has 0 spiro atoms. The summed E-state index contributed by atoms with van der Waals surface area (Å²) in [6.07, 6.45) is 20.9. The molecule has 5 nitrogen and oxygen atoms in total. The Morgan fingerprint density at radius 3 is 1.30 bits per heavy atom. The van der Waals surface area contributed by atoms with Gasteiger partial charge in [0.05, 0.1) is 13.2 Å². The highest BCUT2D eigenvalue weighted by Gasteiger charge is 2.22. The van der Waals surface area contributed by atoms with Crippen molar-refractivity contribution in [3.8, 4) is 0 Å². The van der Waals surface area contributed by atoms with Crippen molar-refractivity contribution in [2.45, 2.75) is 143 Å². The van der Waals surface area contributed by atoms with Gasteiger partial charge < -0.3 is 14.2 Å². The van der Waals surface area contributed by atoms with Crippen LogP contribution in [0.5, 0.6) is 0 Å². The van der Waals surface area contributed by atoms with E-state index in [2.05, 4.69) is 61.7 Å². The highest BCUT2D eigenvalue weighted by molar-refractivity contribution is 5.68. The summed E-state index contributed by atoms with van der Waals surface area (Å²) >= 11 is 0. The Bertz CT molecular complexity index is 998. The zero-order chi connectivity index (χ0) is 33.3. The van der Waals surface area contributed by atoms with E-state index in [1.54, 1.807) is 4.90 Å². The van der Waals surface area contributed by atoms with Gasteiger partial charge in [-0.1, -0.05) is 112 Å². The molecule has 0 aliphatic heterocycles. The lowest BCUT2D eigenvalue weighted by Gasteiger charge is -2.27. The molecular weight excluding hydrogens is 570 g/mol. The zero-order valence-electron chi connectivity index (χ0n) is 29.4. The van der Waals surface area contributed by atoms with Gasteiger partial charge in [0.25, 0.3) is 0 Å². The third-order valence-electron chi connectivity index (χ3n) is 7.88. The van der Waals surface area contributed by atoms with E-state index in [1.807, 2.05) is 32.9 Å². The Hall–Kier alpha value is -2.89. The van der Waals surface area contributed by atoms with Crippen molar-refractivity contribution < 1.29 is 19.0 Å². The number of ether oxygens (including phenoxy) is 3. The molecule has 0 aliphatic carbocycles. The van der Waals surface area contributed by atoms with Gasteiger partial charge in [0.1, 0.15) is 5.60 Å². The predicted molar refractivity (Wildman–Crippen MR) is 193 cm³/mol. The number of rotatable bonds is 26. The summed E-state index contributed by atoms with van der Waals surface area (Å²) in [4.78, 5) is 15.0. The van der Waals surface area contributed by atoms with Crippen LogP contribution >= 0.6 is 0 Å². The predicted octanol–water partition coefficient (Wildman–Crippen LogP) is 11.5. The van der Waals surface area contributed by atoms with E-state index < -0.39 is 5.60 Å². The minimum atomic E-state index is -0.561. The molecule has 46 heavy (non-hydrogen) atoms. The maximum absolute atomic E-state index is 13.2. The summed E-state index contributed by atoms with van der Waals surface area (Å²) in [5.41, 5.74) is 3.86. The summed E-state index contributed by atoms with van der Waals surface area (Å²) in [5, 5.41) is 0. The molecular formula is C41H63NO4. The fourth-order valence-electron chi connectivity index (χ4n) is 5.21. The molecule has 5 heteroatoms. The molecule has 2 rings (SSSR count). The summed E-state index contributed by atoms with van der Waals surface area (Å²) in [6.45, 7) is 17.0. The molecule has 0 saturated heterocycles. The monoisotopic (exact) mass is 633 g/mol. The van der Waals surface area contributed by atoms with E-state index >= 15 is 0 Å². The van der Waals surface area contributed by atoms with Gasteiger partial charge in [-0.25, -0.2) is 4.79 Å². The molecule has 0 saturated carbocycles. The van der Waals surface area contributed by atoms with Crippen LogP contribution in [0.2, 0.25) is 0 Å². The van der Waals surface area contributed by atoms with Crippen LogP contribution in [0.4, 0.5) is 4.79 Å². The first kappa shape index (κ1) is 39.3. The summed E-state index contributed by atoms with van der Waals surface area (Å²) in [5.74, 6) is 0. The summed E-state index contributed by atoms with van der Waals surface area (Å²) < 4.78 is 17.6. The average molecular weight is 634 g/mol. The molecule has 0 aliphatic rings. The minimum absolute atomic E-state index is 0.311. The van der Waals surface area contributed by atoms with Crippen molar-refractivity contribution in [3.63, 3.8) is 0 Å². The van der Waals surface area contributed by atoms with Gasteiger partial charge in [-0.2, -0.15) is 0 Å². The standard InChI is InChI=1S/C41H63NO4/c1-6-8-10-12-14-16-18-20-30-44-34-38-26-22-36(23-27-38)32-42(40(43)46-41(3,4)5)33-37-24-28-39(29-25-37)35-45-31-21-19-17-15-13-11-9-7-2/h6-7,22-29H,1-2,8-21,30-35H2,3-5H3. The second kappa shape index (κ2) is 24.3. The van der Waals surface area contributed by atoms with E-state index in [0.29, 0.717) is 26.3 Å². The van der Waals surface area contributed by atoms with Crippen LogP contribution in [0.15, 0.2) is 73.8 Å². The lowest BCUT2D eigenvalue weighted by Crippen LogP contribution is -2.36. The number of hydrogen-bond acceptors (Lipinski definition) is 4. The summed E-state index contributed by atoms with van der Waals surface area (Å²) in [7, 11) is 0. The Labute approximate surface area is 281 Å². The second-order valence-electron chi connectivity index (χ2n) is 13.5. The second-order valence-corrected chi connectivity index (χ2v) is 13.5. The number of carbonyl (C=O) groups excluding carboxylic acids is 1. The van der Waals surface area contributed by atoms with E-state index in [-0.39, 0.29) is 6.09 Å². The van der Waals surface area contributed by atoms with Gasteiger partial charge in [-0.05, 0) is 81.5 Å². The number of carbonyl (C=O) groups is 1.